The fourth-order valence-corrected chi connectivity index (χ4v) is 7.49. The summed E-state index contributed by atoms with van der Waals surface area (Å²) in [7, 11) is 0. The van der Waals surface area contributed by atoms with Gasteiger partial charge in [0.05, 0.1) is 35.7 Å². The summed E-state index contributed by atoms with van der Waals surface area (Å²) in [5.41, 5.74) is 16.2. The molecule has 2 amide bonds. The molecule has 4 aliphatic rings. The molecule has 8 rings (SSSR count). The molecule has 1 atom stereocenters. The summed E-state index contributed by atoms with van der Waals surface area (Å²) in [5.74, 6) is -2.23. The number of hydrogen-bond acceptors (Lipinski definition) is 6. The number of carbonyl (C=O) groups excluding carboxylic acids is 2. The third-order valence-corrected chi connectivity index (χ3v) is 9.55. The Balaban J connectivity index is 1.35. The highest BCUT2D eigenvalue weighted by molar-refractivity contribution is 6.09. The molecule has 44 heavy (non-hydrogen) atoms. The van der Waals surface area contributed by atoms with Crippen LogP contribution in [-0.4, -0.2) is 38.7 Å². The number of nitrogens with zero attached hydrogens (tertiary/aromatic N) is 4. The van der Waals surface area contributed by atoms with Crippen molar-refractivity contribution in [1.82, 2.24) is 14.8 Å². The molecule has 2 bridgehead atoms. The Kier molecular flexibility index (Phi) is 6.33. The van der Waals surface area contributed by atoms with E-state index in [-0.39, 0.29) is 42.0 Å². The van der Waals surface area contributed by atoms with Gasteiger partial charge in [-0.05, 0) is 79.3 Å². The highest BCUT2D eigenvalue weighted by Crippen LogP contribution is 2.70. The number of ether oxygens (including phenoxy) is 1. The van der Waals surface area contributed by atoms with Crippen molar-refractivity contribution in [3.8, 4) is 16.9 Å². The summed E-state index contributed by atoms with van der Waals surface area (Å²) in [6, 6.07) is 8.94. The highest BCUT2D eigenvalue weighted by atomic mass is 19.2. The maximum atomic E-state index is 13.9. The van der Waals surface area contributed by atoms with Crippen molar-refractivity contribution in [1.29, 1.82) is 0 Å². The number of aromatic nitrogens is 3. The minimum Gasteiger partial charge on any atom is -0.482 e. The smallest absolute Gasteiger partial charge is 0.265 e. The number of primary amides is 1. The van der Waals surface area contributed by atoms with E-state index in [0.29, 0.717) is 56.8 Å². The molecule has 0 spiro atoms. The zero-order valence-electron chi connectivity index (χ0n) is 24.9. The van der Waals surface area contributed by atoms with Gasteiger partial charge in [-0.3, -0.25) is 9.59 Å². The second kappa shape index (κ2) is 9.82. The number of nitrogens with two attached hydrogens (primary N) is 2. The number of halogens is 2. The van der Waals surface area contributed by atoms with Crippen LogP contribution in [0.15, 0.2) is 42.6 Å². The molecule has 4 aromatic rings. The molecule has 3 saturated carbocycles. The molecule has 11 heteroatoms. The van der Waals surface area contributed by atoms with Crippen LogP contribution in [-0.2, 0) is 17.8 Å². The van der Waals surface area contributed by atoms with Crippen LogP contribution in [0.3, 0.4) is 0 Å². The number of anilines is 1. The second-order valence-electron chi connectivity index (χ2n) is 13.2. The summed E-state index contributed by atoms with van der Waals surface area (Å²) in [6.07, 6.45) is 5.14. The van der Waals surface area contributed by atoms with Gasteiger partial charge in [0.15, 0.2) is 23.9 Å². The molecule has 1 unspecified atom stereocenters. The van der Waals surface area contributed by atoms with Crippen LogP contribution in [0.5, 0.6) is 5.75 Å². The number of carbonyl (C=O) groups is 2. The number of fused-ring (bicyclic) bond motifs is 2. The monoisotopic (exact) mass is 600 g/mol. The maximum absolute atomic E-state index is 13.9. The predicted octanol–water partition coefficient (Wildman–Crippen LogP) is 5.04. The Hall–Kier alpha value is -4.38. The van der Waals surface area contributed by atoms with Gasteiger partial charge in [0.1, 0.15) is 5.75 Å². The zero-order valence-corrected chi connectivity index (χ0v) is 24.9. The standard InChI is InChI=1S/C33H34F2N6O3/c1-17(2)8-24-29(30(36)43)28(21-11-38-41(31(21)39-24)18(3)32-14-33(37,15-32)16-32)20-5-7-25-26(10-20)44-13-27(42)40(25)12-19-4-6-22(34)23(35)9-19/h4-7,9-11,17-18H,8,12-16,37H2,1-3H3,(H2,36,43). The Morgan fingerprint density at radius 3 is 2.50 bits per heavy atom. The average molecular weight is 601 g/mol. The van der Waals surface area contributed by atoms with Gasteiger partial charge in [0, 0.05) is 16.5 Å². The van der Waals surface area contributed by atoms with Crippen LogP contribution in [0, 0.1) is 23.0 Å². The first kappa shape index (κ1) is 28.4. The molecule has 3 aliphatic carbocycles. The molecule has 4 N–H and O–H groups in total. The molecular formula is C33H34F2N6O3. The Bertz CT molecular complexity index is 1850. The molecular weight excluding hydrogens is 566 g/mol. The summed E-state index contributed by atoms with van der Waals surface area (Å²) in [6.45, 7) is 6.08. The van der Waals surface area contributed by atoms with Gasteiger partial charge in [-0.2, -0.15) is 5.10 Å². The number of rotatable bonds is 8. The first-order chi connectivity index (χ1) is 20.9. The van der Waals surface area contributed by atoms with Gasteiger partial charge < -0.3 is 21.1 Å². The van der Waals surface area contributed by atoms with Crippen LogP contribution in [0.25, 0.3) is 22.2 Å². The lowest BCUT2D eigenvalue weighted by atomic mass is 9.37. The molecule has 2 aromatic heterocycles. The van der Waals surface area contributed by atoms with E-state index in [2.05, 4.69) is 20.8 Å². The van der Waals surface area contributed by atoms with Gasteiger partial charge in [-0.25, -0.2) is 18.4 Å². The zero-order chi connectivity index (χ0) is 31.1. The summed E-state index contributed by atoms with van der Waals surface area (Å²) >= 11 is 0. The first-order valence-electron chi connectivity index (χ1n) is 14.9. The van der Waals surface area contributed by atoms with Gasteiger partial charge in [-0.15, -0.1) is 0 Å². The third-order valence-electron chi connectivity index (χ3n) is 9.55. The van der Waals surface area contributed by atoms with Gasteiger partial charge in [0.2, 0.25) is 0 Å². The van der Waals surface area contributed by atoms with E-state index in [9.17, 15) is 18.4 Å². The molecule has 3 fully saturated rings. The first-order valence-corrected chi connectivity index (χ1v) is 14.9. The summed E-state index contributed by atoms with van der Waals surface area (Å²) in [4.78, 5) is 32.4. The van der Waals surface area contributed by atoms with Crippen LogP contribution >= 0.6 is 0 Å². The maximum Gasteiger partial charge on any atom is 0.265 e. The number of benzene rings is 2. The van der Waals surface area contributed by atoms with Crippen molar-refractivity contribution >= 4 is 28.5 Å². The SMILES string of the molecule is CC(C)Cc1nc2c(cnn2C(C)C23CC(N)(C2)C3)c(-c2ccc3c(c2)OCC(=O)N3Cc2ccc(F)c(F)c2)c1C(N)=O. The Morgan fingerprint density at radius 1 is 1.09 bits per heavy atom. The van der Waals surface area contributed by atoms with Gasteiger partial charge in [-0.1, -0.05) is 26.0 Å². The van der Waals surface area contributed by atoms with E-state index in [1.807, 2.05) is 4.68 Å². The fourth-order valence-electron chi connectivity index (χ4n) is 7.49. The van der Waals surface area contributed by atoms with E-state index >= 15 is 0 Å². The molecule has 9 nitrogen and oxygen atoms in total. The Labute approximate surface area is 253 Å². The minimum atomic E-state index is -0.983. The predicted molar refractivity (Wildman–Crippen MR) is 161 cm³/mol. The minimum absolute atomic E-state index is 0.0345. The number of amides is 2. The van der Waals surface area contributed by atoms with Crippen molar-refractivity contribution in [3.05, 3.63) is 71.1 Å². The van der Waals surface area contributed by atoms with Crippen LogP contribution in [0.4, 0.5) is 14.5 Å². The van der Waals surface area contributed by atoms with Crippen LogP contribution in [0.1, 0.15) is 67.7 Å². The largest absolute Gasteiger partial charge is 0.482 e. The Morgan fingerprint density at radius 2 is 1.84 bits per heavy atom. The molecule has 1 aliphatic heterocycles. The summed E-state index contributed by atoms with van der Waals surface area (Å²) in [5, 5.41) is 5.48. The van der Waals surface area contributed by atoms with Crippen LogP contribution in [0.2, 0.25) is 0 Å². The lowest BCUT2D eigenvalue weighted by Gasteiger charge is -2.71. The molecule has 0 radical (unpaired) electrons. The lowest BCUT2D eigenvalue weighted by Crippen LogP contribution is -2.74. The molecule has 0 saturated heterocycles. The quantitative estimate of drug-likeness (QED) is 0.292. The van der Waals surface area contributed by atoms with Crippen molar-refractivity contribution in [2.45, 2.75) is 64.6 Å². The van der Waals surface area contributed by atoms with E-state index in [4.69, 9.17) is 26.3 Å². The summed E-state index contributed by atoms with van der Waals surface area (Å²) < 4.78 is 35.2. The van der Waals surface area contributed by atoms with Crippen molar-refractivity contribution < 1.29 is 23.1 Å². The third kappa shape index (κ3) is 4.36. The molecule has 2 aromatic carbocycles. The highest BCUT2D eigenvalue weighted by Gasteiger charge is 2.68. The molecule has 228 valence electrons. The van der Waals surface area contributed by atoms with E-state index in [0.717, 1.165) is 31.4 Å². The average Bonchev–Trinajstić information content (AvgIpc) is 3.36. The lowest BCUT2D eigenvalue weighted by molar-refractivity contribution is -0.163. The van der Waals surface area contributed by atoms with E-state index in [1.54, 1.807) is 24.4 Å². The number of pyridine rings is 1. The van der Waals surface area contributed by atoms with E-state index < -0.39 is 17.5 Å². The topological polar surface area (TPSA) is 129 Å². The van der Waals surface area contributed by atoms with Gasteiger partial charge >= 0.3 is 0 Å². The van der Waals surface area contributed by atoms with Gasteiger partial charge in [0.25, 0.3) is 11.8 Å². The fraction of sp³-hybridized carbons (Fsp3) is 0.394. The van der Waals surface area contributed by atoms with E-state index in [1.165, 1.54) is 11.0 Å². The molecule has 3 heterocycles. The van der Waals surface area contributed by atoms with Crippen molar-refractivity contribution in [3.63, 3.8) is 0 Å². The van der Waals surface area contributed by atoms with Crippen LogP contribution < -0.4 is 21.1 Å². The normalized spacial score (nSPS) is 22.8. The number of hydrogen-bond donors (Lipinski definition) is 2. The second-order valence-corrected chi connectivity index (χ2v) is 13.2. The van der Waals surface area contributed by atoms with Crippen molar-refractivity contribution in [2.75, 3.05) is 11.5 Å². The van der Waals surface area contributed by atoms with Crippen molar-refractivity contribution in [2.24, 2.45) is 22.8 Å².